The van der Waals surface area contributed by atoms with Crippen molar-refractivity contribution in [1.29, 1.82) is 0 Å². The lowest BCUT2D eigenvalue weighted by atomic mass is 10.1. The highest BCUT2D eigenvalue weighted by atomic mass is 16.6. The Labute approximate surface area is 334 Å². The van der Waals surface area contributed by atoms with E-state index in [1.165, 1.54) is 103 Å². The molecule has 0 N–H and O–H groups in total. The molecular formula is C49H86O5. The fraction of sp³-hybridized carbons (Fsp3) is 0.755. The standard InChI is InChI=1S/C49H86O5/c1-4-7-10-13-15-17-19-21-23-24-25-26-27-28-30-32-34-37-39-42-48(50)53-46-47(54-49(51)43-40-36-12-9-6-3)45-52-44-41-38-35-33-31-29-22-20-18-16-14-11-8-5-2/h11,14-15,17-18,20-21,23,25-26,47H,4-10,12-13,16,19,22,24,27-46H2,1-3H3/b14-11-,17-15-,20-18-,23-21-,26-25-. The average Bonchev–Trinajstić information content (AvgIpc) is 3.17. The van der Waals surface area contributed by atoms with Gasteiger partial charge in [0.2, 0.25) is 0 Å². The van der Waals surface area contributed by atoms with Crippen LogP contribution in [0.1, 0.15) is 213 Å². The summed E-state index contributed by atoms with van der Waals surface area (Å²) in [6.07, 6.45) is 55.3. The second-order valence-electron chi connectivity index (χ2n) is 15.0. The second kappa shape index (κ2) is 45.0. The van der Waals surface area contributed by atoms with E-state index in [-0.39, 0.29) is 25.2 Å². The molecule has 0 aromatic heterocycles. The molecule has 0 aliphatic carbocycles. The van der Waals surface area contributed by atoms with E-state index in [2.05, 4.69) is 81.5 Å². The molecule has 0 amide bonds. The van der Waals surface area contributed by atoms with Crippen LogP contribution in [0.15, 0.2) is 60.8 Å². The largest absolute Gasteiger partial charge is 0.462 e. The minimum absolute atomic E-state index is 0.0728. The monoisotopic (exact) mass is 755 g/mol. The molecule has 0 bridgehead atoms. The van der Waals surface area contributed by atoms with E-state index in [0.29, 0.717) is 19.4 Å². The van der Waals surface area contributed by atoms with E-state index in [1.807, 2.05) is 0 Å². The van der Waals surface area contributed by atoms with Gasteiger partial charge in [-0.2, -0.15) is 0 Å². The van der Waals surface area contributed by atoms with Gasteiger partial charge in [0.05, 0.1) is 6.61 Å². The van der Waals surface area contributed by atoms with Crippen LogP contribution in [0, 0.1) is 0 Å². The molecule has 0 fully saturated rings. The maximum atomic E-state index is 12.5. The summed E-state index contributed by atoms with van der Waals surface area (Å²) in [7, 11) is 0. The molecule has 0 aliphatic heterocycles. The highest BCUT2D eigenvalue weighted by Crippen LogP contribution is 2.12. The minimum Gasteiger partial charge on any atom is -0.462 e. The topological polar surface area (TPSA) is 61.8 Å². The van der Waals surface area contributed by atoms with Crippen molar-refractivity contribution in [2.24, 2.45) is 0 Å². The molecule has 0 rings (SSSR count). The van der Waals surface area contributed by atoms with Gasteiger partial charge in [0, 0.05) is 19.4 Å². The van der Waals surface area contributed by atoms with Crippen LogP contribution in [0.3, 0.4) is 0 Å². The molecule has 0 aromatic rings. The van der Waals surface area contributed by atoms with E-state index in [9.17, 15) is 9.59 Å². The summed E-state index contributed by atoms with van der Waals surface area (Å²) in [5.41, 5.74) is 0. The van der Waals surface area contributed by atoms with Gasteiger partial charge in [-0.25, -0.2) is 0 Å². The molecule has 54 heavy (non-hydrogen) atoms. The summed E-state index contributed by atoms with van der Waals surface area (Å²) in [4.78, 5) is 25.0. The number of ether oxygens (including phenoxy) is 3. The highest BCUT2D eigenvalue weighted by molar-refractivity contribution is 5.70. The molecular weight excluding hydrogens is 669 g/mol. The van der Waals surface area contributed by atoms with Gasteiger partial charge in [-0.1, -0.05) is 178 Å². The van der Waals surface area contributed by atoms with Crippen LogP contribution < -0.4 is 0 Å². The number of hydrogen-bond acceptors (Lipinski definition) is 5. The first-order valence-corrected chi connectivity index (χ1v) is 22.8. The molecule has 0 aliphatic rings. The van der Waals surface area contributed by atoms with Gasteiger partial charge in [-0.15, -0.1) is 0 Å². The Morgan fingerprint density at radius 1 is 0.407 bits per heavy atom. The van der Waals surface area contributed by atoms with Crippen molar-refractivity contribution in [3.63, 3.8) is 0 Å². The van der Waals surface area contributed by atoms with Crippen LogP contribution in [0.2, 0.25) is 0 Å². The molecule has 0 aromatic carbocycles. The van der Waals surface area contributed by atoms with Crippen molar-refractivity contribution in [1.82, 2.24) is 0 Å². The van der Waals surface area contributed by atoms with Gasteiger partial charge < -0.3 is 14.2 Å². The first-order valence-electron chi connectivity index (χ1n) is 22.8. The van der Waals surface area contributed by atoms with Crippen molar-refractivity contribution in [3.8, 4) is 0 Å². The Bertz CT molecular complexity index is 946. The number of rotatable bonds is 41. The van der Waals surface area contributed by atoms with E-state index in [0.717, 1.165) is 77.0 Å². The van der Waals surface area contributed by atoms with Crippen LogP contribution in [0.4, 0.5) is 0 Å². The summed E-state index contributed by atoms with van der Waals surface area (Å²) in [5.74, 6) is -0.431. The molecule has 1 unspecified atom stereocenters. The van der Waals surface area contributed by atoms with Gasteiger partial charge in [0.15, 0.2) is 6.10 Å². The number of hydrogen-bond donors (Lipinski definition) is 0. The van der Waals surface area contributed by atoms with Gasteiger partial charge in [0.25, 0.3) is 0 Å². The average molecular weight is 755 g/mol. The third kappa shape index (κ3) is 42.3. The Morgan fingerprint density at radius 2 is 0.815 bits per heavy atom. The SMILES string of the molecule is CCC/C=C\C/C=C\CCCCCCCCOCC(COC(=O)CCCCCCCC/C=C\C/C=C\C/C=C\CCCCC)OC(=O)CCCCCCC. The number of esters is 2. The fourth-order valence-electron chi connectivity index (χ4n) is 6.08. The Balaban J connectivity index is 4.09. The lowest BCUT2D eigenvalue weighted by molar-refractivity contribution is -0.163. The Hall–Kier alpha value is -2.40. The van der Waals surface area contributed by atoms with Crippen LogP contribution in [0.5, 0.6) is 0 Å². The first kappa shape index (κ1) is 51.6. The second-order valence-corrected chi connectivity index (χ2v) is 15.0. The normalized spacial score (nSPS) is 12.7. The van der Waals surface area contributed by atoms with Crippen molar-refractivity contribution >= 4 is 11.9 Å². The minimum atomic E-state index is -0.542. The van der Waals surface area contributed by atoms with Crippen molar-refractivity contribution in [2.75, 3.05) is 19.8 Å². The number of unbranched alkanes of at least 4 members (excludes halogenated alkanes) is 20. The lowest BCUT2D eigenvalue weighted by Gasteiger charge is -2.18. The van der Waals surface area contributed by atoms with Crippen LogP contribution in [0.25, 0.3) is 0 Å². The summed E-state index contributed by atoms with van der Waals surface area (Å²) < 4.78 is 17.2. The van der Waals surface area contributed by atoms with Crippen molar-refractivity contribution in [2.45, 2.75) is 219 Å². The van der Waals surface area contributed by atoms with Crippen molar-refractivity contribution < 1.29 is 23.8 Å². The predicted molar refractivity (Wildman–Crippen MR) is 233 cm³/mol. The van der Waals surface area contributed by atoms with E-state index in [1.54, 1.807) is 0 Å². The molecule has 5 heteroatoms. The van der Waals surface area contributed by atoms with Gasteiger partial charge >= 0.3 is 11.9 Å². The number of carbonyl (C=O) groups excluding carboxylic acids is 2. The zero-order valence-electron chi connectivity index (χ0n) is 35.7. The Morgan fingerprint density at radius 3 is 1.35 bits per heavy atom. The predicted octanol–water partition coefficient (Wildman–Crippen LogP) is 15.0. The van der Waals surface area contributed by atoms with Gasteiger partial charge in [-0.05, 0) is 83.5 Å². The lowest BCUT2D eigenvalue weighted by Crippen LogP contribution is -2.30. The third-order valence-electron chi connectivity index (χ3n) is 9.51. The highest BCUT2D eigenvalue weighted by Gasteiger charge is 2.17. The van der Waals surface area contributed by atoms with E-state index in [4.69, 9.17) is 14.2 Å². The van der Waals surface area contributed by atoms with E-state index < -0.39 is 6.10 Å². The van der Waals surface area contributed by atoms with Crippen LogP contribution >= 0.6 is 0 Å². The smallest absolute Gasteiger partial charge is 0.306 e. The molecule has 0 heterocycles. The van der Waals surface area contributed by atoms with Gasteiger partial charge in [-0.3, -0.25) is 9.59 Å². The maximum absolute atomic E-state index is 12.5. The summed E-state index contributed by atoms with van der Waals surface area (Å²) in [6.45, 7) is 7.63. The van der Waals surface area contributed by atoms with E-state index >= 15 is 0 Å². The Kier molecular flexibility index (Phi) is 43.0. The molecule has 1 atom stereocenters. The zero-order valence-corrected chi connectivity index (χ0v) is 35.7. The van der Waals surface area contributed by atoms with Gasteiger partial charge in [0.1, 0.15) is 6.61 Å². The van der Waals surface area contributed by atoms with Crippen molar-refractivity contribution in [3.05, 3.63) is 60.8 Å². The van der Waals surface area contributed by atoms with Crippen LogP contribution in [-0.2, 0) is 23.8 Å². The quantitative estimate of drug-likeness (QED) is 0.0353. The molecule has 5 nitrogen and oxygen atoms in total. The van der Waals surface area contributed by atoms with Crippen LogP contribution in [-0.4, -0.2) is 37.9 Å². The molecule has 0 saturated heterocycles. The number of carbonyl (C=O) groups is 2. The molecule has 0 spiro atoms. The molecule has 0 saturated carbocycles. The number of allylic oxidation sites excluding steroid dienone is 10. The maximum Gasteiger partial charge on any atom is 0.306 e. The summed E-state index contributed by atoms with van der Waals surface area (Å²) >= 11 is 0. The molecule has 0 radical (unpaired) electrons. The third-order valence-corrected chi connectivity index (χ3v) is 9.51. The summed E-state index contributed by atoms with van der Waals surface area (Å²) in [6, 6.07) is 0. The molecule has 312 valence electrons. The zero-order chi connectivity index (χ0) is 39.3. The summed E-state index contributed by atoms with van der Waals surface area (Å²) in [5, 5.41) is 0. The fourth-order valence-corrected chi connectivity index (χ4v) is 6.08. The first-order chi connectivity index (χ1) is 26.6.